The molecule has 186 valence electrons. The first-order chi connectivity index (χ1) is 14.5. The predicted octanol–water partition coefficient (Wildman–Crippen LogP) is 8.13. The average molecular weight is 481 g/mol. The monoisotopic (exact) mass is 480 g/mol. The van der Waals surface area contributed by atoms with Gasteiger partial charge in [-0.15, -0.1) is 0 Å². The van der Waals surface area contributed by atoms with Crippen LogP contribution < -0.4 is 0 Å². The standard InChI is InChI=1S/C27H52O3Si2/c1-13-32(14-2,15-3)30-24-16-19(4)22(28)17-21-18-23(20(5)25(24)27(21,9)10)29-31(11,12)26(6,7)8/h19,21,23-24H,13-18H2,1-12H3/t19-,21-,23+,24-/m1/s1. The Balaban J connectivity index is 2.62. The molecule has 1 fully saturated rings. The zero-order valence-corrected chi connectivity index (χ0v) is 25.3. The zero-order valence-electron chi connectivity index (χ0n) is 23.3. The van der Waals surface area contributed by atoms with E-state index in [-0.39, 0.29) is 28.6 Å². The summed E-state index contributed by atoms with van der Waals surface area (Å²) >= 11 is 0. The summed E-state index contributed by atoms with van der Waals surface area (Å²) < 4.78 is 14.2. The summed E-state index contributed by atoms with van der Waals surface area (Å²) in [5, 5.41) is 0.169. The molecule has 2 bridgehead atoms. The van der Waals surface area contributed by atoms with Crippen LogP contribution in [0.3, 0.4) is 0 Å². The van der Waals surface area contributed by atoms with Crippen molar-refractivity contribution in [1.82, 2.24) is 0 Å². The first kappa shape index (κ1) is 28.0. The van der Waals surface area contributed by atoms with Crippen molar-refractivity contribution in [3.05, 3.63) is 11.1 Å². The van der Waals surface area contributed by atoms with Gasteiger partial charge in [0.05, 0.1) is 12.2 Å². The number of carbonyl (C=O) groups excluding carboxylic acids is 1. The van der Waals surface area contributed by atoms with E-state index in [1.54, 1.807) is 0 Å². The Morgan fingerprint density at radius 2 is 1.50 bits per heavy atom. The van der Waals surface area contributed by atoms with Gasteiger partial charge in [0, 0.05) is 12.3 Å². The molecule has 2 rings (SSSR count). The van der Waals surface area contributed by atoms with Crippen molar-refractivity contribution in [2.75, 3.05) is 0 Å². The maximum atomic E-state index is 13.2. The van der Waals surface area contributed by atoms with E-state index in [0.717, 1.165) is 31.0 Å². The fraction of sp³-hybridized carbons (Fsp3) is 0.889. The summed E-state index contributed by atoms with van der Waals surface area (Å²) in [5.74, 6) is 0.799. The van der Waals surface area contributed by atoms with Crippen molar-refractivity contribution in [3.8, 4) is 0 Å². The van der Waals surface area contributed by atoms with Crippen molar-refractivity contribution < 1.29 is 13.6 Å². The van der Waals surface area contributed by atoms with Crippen molar-refractivity contribution in [1.29, 1.82) is 0 Å². The molecule has 0 heterocycles. The molecular weight excluding hydrogens is 428 g/mol. The summed E-state index contributed by atoms with van der Waals surface area (Å²) in [4.78, 5) is 13.2. The van der Waals surface area contributed by atoms with Crippen LogP contribution in [-0.2, 0) is 13.6 Å². The molecule has 0 radical (unpaired) electrons. The van der Waals surface area contributed by atoms with Gasteiger partial charge < -0.3 is 8.85 Å². The minimum absolute atomic E-state index is 0.0345. The minimum Gasteiger partial charge on any atom is -0.410 e. The van der Waals surface area contributed by atoms with E-state index in [1.165, 1.54) is 11.1 Å². The third-order valence-corrected chi connectivity index (χ3v) is 18.7. The van der Waals surface area contributed by atoms with Crippen LogP contribution in [0.1, 0.15) is 88.5 Å². The van der Waals surface area contributed by atoms with Gasteiger partial charge in [0.2, 0.25) is 0 Å². The van der Waals surface area contributed by atoms with Gasteiger partial charge in [-0.3, -0.25) is 4.79 Å². The van der Waals surface area contributed by atoms with E-state index in [2.05, 4.69) is 82.3 Å². The van der Waals surface area contributed by atoms with Crippen LogP contribution in [0.15, 0.2) is 11.1 Å². The second kappa shape index (κ2) is 9.79. The van der Waals surface area contributed by atoms with Gasteiger partial charge in [-0.25, -0.2) is 0 Å². The molecule has 0 aliphatic heterocycles. The number of fused-ring (bicyclic) bond motifs is 2. The van der Waals surface area contributed by atoms with E-state index >= 15 is 0 Å². The van der Waals surface area contributed by atoms with E-state index < -0.39 is 16.6 Å². The Morgan fingerprint density at radius 1 is 0.969 bits per heavy atom. The molecule has 5 heteroatoms. The largest absolute Gasteiger partial charge is 0.410 e. The molecule has 0 saturated heterocycles. The highest BCUT2D eigenvalue weighted by Crippen LogP contribution is 2.53. The fourth-order valence-electron chi connectivity index (χ4n) is 5.73. The molecule has 2 aliphatic carbocycles. The SMILES string of the molecule is CC[Si](CC)(CC)O[C@@H]1C[C@@H](C)C(=O)C[C@@H]2C[C@H](O[Si](C)(C)C(C)(C)C)C(C)=C1C2(C)C. The molecule has 0 aromatic heterocycles. The Labute approximate surface area is 201 Å². The highest BCUT2D eigenvalue weighted by molar-refractivity contribution is 6.74. The summed E-state index contributed by atoms with van der Waals surface area (Å²) in [6.07, 6.45) is 2.61. The predicted molar refractivity (Wildman–Crippen MR) is 142 cm³/mol. The second-order valence-electron chi connectivity index (χ2n) is 12.8. The molecule has 32 heavy (non-hydrogen) atoms. The Kier molecular flexibility index (Phi) is 8.57. The first-order valence-electron chi connectivity index (χ1n) is 13.1. The van der Waals surface area contributed by atoms with Crippen LogP contribution in [-0.4, -0.2) is 34.6 Å². The average Bonchev–Trinajstić information content (AvgIpc) is 2.67. The lowest BCUT2D eigenvalue weighted by Gasteiger charge is -2.52. The first-order valence-corrected chi connectivity index (χ1v) is 18.6. The number of Topliss-reactive ketones (excluding diaryl/α,β-unsaturated/α-hetero) is 1. The van der Waals surface area contributed by atoms with Gasteiger partial charge in [-0.2, -0.15) is 0 Å². The Morgan fingerprint density at radius 3 is 1.97 bits per heavy atom. The topological polar surface area (TPSA) is 35.5 Å². The lowest BCUT2D eigenvalue weighted by atomic mass is 9.59. The smallest absolute Gasteiger partial charge is 0.192 e. The molecule has 0 amide bonds. The number of ketones is 1. The van der Waals surface area contributed by atoms with Crippen molar-refractivity contribution in [3.63, 3.8) is 0 Å². The van der Waals surface area contributed by atoms with Gasteiger partial charge in [0.25, 0.3) is 0 Å². The van der Waals surface area contributed by atoms with Gasteiger partial charge in [-0.1, -0.05) is 62.3 Å². The molecule has 4 atom stereocenters. The summed E-state index contributed by atoms with van der Waals surface area (Å²) in [6.45, 7) is 27.7. The van der Waals surface area contributed by atoms with Gasteiger partial charge in [0.1, 0.15) is 5.78 Å². The lowest BCUT2D eigenvalue weighted by Crippen LogP contribution is -2.52. The molecular formula is C27H52O3Si2. The third-order valence-electron chi connectivity index (χ3n) is 9.58. The summed E-state index contributed by atoms with van der Waals surface area (Å²) in [6, 6.07) is 3.41. The molecule has 0 aromatic rings. The number of carbonyl (C=O) groups is 1. The van der Waals surface area contributed by atoms with E-state index in [9.17, 15) is 4.79 Å². The maximum absolute atomic E-state index is 13.2. The van der Waals surface area contributed by atoms with Gasteiger partial charge in [0.15, 0.2) is 16.6 Å². The number of hydrogen-bond donors (Lipinski definition) is 0. The van der Waals surface area contributed by atoms with Crippen LogP contribution in [0.25, 0.3) is 0 Å². The lowest BCUT2D eigenvalue weighted by molar-refractivity contribution is -0.126. The Hall–Kier alpha value is -0.236. The molecule has 0 aromatic carbocycles. The number of rotatable bonds is 7. The number of hydrogen-bond acceptors (Lipinski definition) is 3. The summed E-state index contributed by atoms with van der Waals surface area (Å²) in [5.41, 5.74) is 2.82. The second-order valence-corrected chi connectivity index (χ2v) is 22.3. The third kappa shape index (κ3) is 5.36. The van der Waals surface area contributed by atoms with Crippen molar-refractivity contribution >= 4 is 22.4 Å². The van der Waals surface area contributed by atoms with E-state index in [4.69, 9.17) is 8.85 Å². The van der Waals surface area contributed by atoms with E-state index in [0.29, 0.717) is 18.1 Å². The normalized spacial score (nSPS) is 29.7. The van der Waals surface area contributed by atoms with Crippen LogP contribution in [0.4, 0.5) is 0 Å². The molecule has 0 N–H and O–H groups in total. The van der Waals surface area contributed by atoms with E-state index in [1.807, 2.05) is 0 Å². The zero-order chi connectivity index (χ0) is 24.7. The fourth-order valence-corrected chi connectivity index (χ4v) is 9.89. The minimum atomic E-state index is -1.93. The molecule has 0 spiro atoms. The van der Waals surface area contributed by atoms with Gasteiger partial charge in [-0.05, 0) is 78.5 Å². The van der Waals surface area contributed by atoms with Crippen LogP contribution in [0, 0.1) is 17.3 Å². The van der Waals surface area contributed by atoms with Crippen LogP contribution >= 0.6 is 0 Å². The molecule has 1 saturated carbocycles. The van der Waals surface area contributed by atoms with Crippen LogP contribution in [0.2, 0.25) is 36.3 Å². The van der Waals surface area contributed by atoms with Gasteiger partial charge >= 0.3 is 0 Å². The Bertz CT molecular complexity index is 705. The molecule has 0 unspecified atom stereocenters. The summed E-state index contributed by atoms with van der Waals surface area (Å²) in [7, 11) is -3.75. The highest BCUT2D eigenvalue weighted by atomic mass is 28.4. The molecule has 3 nitrogen and oxygen atoms in total. The van der Waals surface area contributed by atoms with Crippen molar-refractivity contribution in [2.24, 2.45) is 17.3 Å². The van der Waals surface area contributed by atoms with Crippen molar-refractivity contribution in [2.45, 2.75) is 137 Å². The quantitative estimate of drug-likeness (QED) is 0.272. The maximum Gasteiger partial charge on any atom is 0.192 e. The molecule has 2 aliphatic rings. The highest BCUT2D eigenvalue weighted by Gasteiger charge is 2.50. The van der Waals surface area contributed by atoms with Crippen LogP contribution in [0.5, 0.6) is 0 Å².